The lowest BCUT2D eigenvalue weighted by molar-refractivity contribution is -0.120. The van der Waals surface area contributed by atoms with Crippen molar-refractivity contribution in [1.82, 2.24) is 10.6 Å². The summed E-state index contributed by atoms with van der Waals surface area (Å²) in [5, 5.41) is 5.45. The monoisotopic (exact) mass is 398 g/mol. The highest BCUT2D eigenvalue weighted by atomic mass is 16.5. The van der Waals surface area contributed by atoms with Gasteiger partial charge in [-0.1, -0.05) is 31.0 Å². The van der Waals surface area contributed by atoms with Crippen LogP contribution in [0.2, 0.25) is 0 Å². The van der Waals surface area contributed by atoms with Gasteiger partial charge in [0, 0.05) is 12.1 Å². The third-order valence-corrected chi connectivity index (χ3v) is 4.45. The van der Waals surface area contributed by atoms with E-state index in [1.165, 1.54) is 0 Å². The van der Waals surface area contributed by atoms with E-state index in [9.17, 15) is 9.59 Å². The van der Waals surface area contributed by atoms with Crippen LogP contribution in [-0.4, -0.2) is 38.6 Å². The standard InChI is InChI=1S/C23H30N2O4/c1-4-5-14-29-20-9-7-18(8-10-20)23(27)25-16-22(26)24-13-12-19-15-17(2)6-11-21(19)28-3/h6-11,15H,4-5,12-14,16H2,1-3H3,(H,24,26)(H,25,27). The lowest BCUT2D eigenvalue weighted by atomic mass is 10.1. The van der Waals surface area contributed by atoms with Gasteiger partial charge in [-0.15, -0.1) is 0 Å². The van der Waals surface area contributed by atoms with Gasteiger partial charge in [-0.05, 0) is 55.7 Å². The summed E-state index contributed by atoms with van der Waals surface area (Å²) in [4.78, 5) is 24.2. The van der Waals surface area contributed by atoms with E-state index in [1.807, 2.05) is 25.1 Å². The number of nitrogens with one attached hydrogen (secondary N) is 2. The Morgan fingerprint density at radius 1 is 1.03 bits per heavy atom. The molecule has 2 aromatic rings. The van der Waals surface area contributed by atoms with Gasteiger partial charge < -0.3 is 20.1 Å². The highest BCUT2D eigenvalue weighted by Crippen LogP contribution is 2.19. The number of aryl methyl sites for hydroxylation is 1. The molecular weight excluding hydrogens is 368 g/mol. The van der Waals surface area contributed by atoms with E-state index >= 15 is 0 Å². The highest BCUT2D eigenvalue weighted by molar-refractivity contribution is 5.96. The Hall–Kier alpha value is -3.02. The molecule has 0 fully saturated rings. The molecule has 0 radical (unpaired) electrons. The Bertz CT molecular complexity index is 803. The third-order valence-electron chi connectivity index (χ3n) is 4.45. The number of hydrogen-bond donors (Lipinski definition) is 2. The van der Waals surface area contributed by atoms with Gasteiger partial charge in [0.2, 0.25) is 5.91 Å². The Labute approximate surface area is 172 Å². The van der Waals surface area contributed by atoms with Crippen LogP contribution in [0.3, 0.4) is 0 Å². The molecule has 0 aliphatic carbocycles. The molecule has 6 heteroatoms. The minimum Gasteiger partial charge on any atom is -0.496 e. The number of ether oxygens (including phenoxy) is 2. The smallest absolute Gasteiger partial charge is 0.251 e. The maximum absolute atomic E-state index is 12.2. The first kappa shape index (κ1) is 22.3. The fourth-order valence-corrected chi connectivity index (χ4v) is 2.80. The molecule has 0 saturated carbocycles. The van der Waals surface area contributed by atoms with Crippen molar-refractivity contribution in [2.24, 2.45) is 0 Å². The summed E-state index contributed by atoms with van der Waals surface area (Å²) in [6.45, 7) is 5.18. The molecule has 156 valence electrons. The molecule has 0 saturated heterocycles. The Balaban J connectivity index is 1.73. The van der Waals surface area contributed by atoms with E-state index in [2.05, 4.69) is 17.6 Å². The van der Waals surface area contributed by atoms with E-state index in [1.54, 1.807) is 31.4 Å². The van der Waals surface area contributed by atoms with Crippen LogP contribution in [0.1, 0.15) is 41.3 Å². The zero-order valence-electron chi connectivity index (χ0n) is 17.4. The number of carbonyl (C=O) groups excluding carboxylic acids is 2. The number of amides is 2. The van der Waals surface area contributed by atoms with E-state index in [-0.39, 0.29) is 18.4 Å². The average molecular weight is 399 g/mol. The number of methoxy groups -OCH3 is 1. The molecule has 6 nitrogen and oxygen atoms in total. The predicted octanol–water partition coefficient (Wildman–Crippen LogP) is 3.27. The maximum atomic E-state index is 12.2. The van der Waals surface area contributed by atoms with Crippen LogP contribution in [0.4, 0.5) is 0 Å². The van der Waals surface area contributed by atoms with Gasteiger partial charge >= 0.3 is 0 Å². The van der Waals surface area contributed by atoms with Crippen LogP contribution in [0.25, 0.3) is 0 Å². The van der Waals surface area contributed by atoms with Crippen molar-refractivity contribution in [1.29, 1.82) is 0 Å². The van der Waals surface area contributed by atoms with E-state index in [0.717, 1.165) is 35.5 Å². The molecule has 0 spiro atoms. The summed E-state index contributed by atoms with van der Waals surface area (Å²) in [5.41, 5.74) is 2.67. The first-order chi connectivity index (χ1) is 14.0. The SMILES string of the molecule is CCCCOc1ccc(C(=O)NCC(=O)NCCc2cc(C)ccc2OC)cc1. The zero-order chi connectivity index (χ0) is 21.1. The number of unbranched alkanes of at least 4 members (excludes halogenated alkanes) is 1. The molecule has 0 bridgehead atoms. The quantitative estimate of drug-likeness (QED) is 0.570. The van der Waals surface area contributed by atoms with Crippen molar-refractivity contribution >= 4 is 11.8 Å². The van der Waals surface area contributed by atoms with Crippen LogP contribution in [0, 0.1) is 6.92 Å². The molecule has 0 unspecified atom stereocenters. The summed E-state index contributed by atoms with van der Waals surface area (Å²) in [6.07, 6.45) is 2.72. The molecule has 29 heavy (non-hydrogen) atoms. The molecule has 0 aliphatic rings. The fraction of sp³-hybridized carbons (Fsp3) is 0.391. The summed E-state index contributed by atoms with van der Waals surface area (Å²) in [6, 6.07) is 12.9. The van der Waals surface area contributed by atoms with Crippen LogP contribution < -0.4 is 20.1 Å². The van der Waals surface area contributed by atoms with Crippen molar-refractivity contribution in [2.45, 2.75) is 33.1 Å². The average Bonchev–Trinajstić information content (AvgIpc) is 2.73. The maximum Gasteiger partial charge on any atom is 0.251 e. The van der Waals surface area contributed by atoms with Gasteiger partial charge in [0.05, 0.1) is 20.3 Å². The minimum atomic E-state index is -0.291. The van der Waals surface area contributed by atoms with Gasteiger partial charge in [0.1, 0.15) is 11.5 Å². The van der Waals surface area contributed by atoms with Gasteiger partial charge in [0.15, 0.2) is 0 Å². The first-order valence-corrected chi connectivity index (χ1v) is 9.94. The van der Waals surface area contributed by atoms with Gasteiger partial charge in [-0.2, -0.15) is 0 Å². The number of rotatable bonds is 11. The van der Waals surface area contributed by atoms with E-state index in [4.69, 9.17) is 9.47 Å². The van der Waals surface area contributed by atoms with Crippen molar-refractivity contribution in [3.05, 3.63) is 59.2 Å². The van der Waals surface area contributed by atoms with E-state index in [0.29, 0.717) is 25.1 Å². The second kappa shape index (κ2) is 11.7. The Morgan fingerprint density at radius 3 is 2.48 bits per heavy atom. The molecule has 0 atom stereocenters. The molecule has 0 aromatic heterocycles. The lowest BCUT2D eigenvalue weighted by Crippen LogP contribution is -2.37. The molecule has 2 N–H and O–H groups in total. The molecular formula is C23H30N2O4. The first-order valence-electron chi connectivity index (χ1n) is 9.94. The summed E-state index contributed by atoms with van der Waals surface area (Å²) < 4.78 is 10.9. The number of carbonyl (C=O) groups is 2. The van der Waals surface area contributed by atoms with Crippen LogP contribution >= 0.6 is 0 Å². The van der Waals surface area contributed by atoms with Crippen molar-refractivity contribution in [3.8, 4) is 11.5 Å². The van der Waals surface area contributed by atoms with Gasteiger partial charge in [0.25, 0.3) is 5.91 Å². The number of benzene rings is 2. The topological polar surface area (TPSA) is 76.7 Å². The van der Waals surface area contributed by atoms with Gasteiger partial charge in [-0.25, -0.2) is 0 Å². The normalized spacial score (nSPS) is 10.3. The summed E-state index contributed by atoms with van der Waals surface area (Å²) in [7, 11) is 1.63. The van der Waals surface area contributed by atoms with Gasteiger partial charge in [-0.3, -0.25) is 9.59 Å². The zero-order valence-corrected chi connectivity index (χ0v) is 17.4. The lowest BCUT2D eigenvalue weighted by Gasteiger charge is -2.11. The Kier molecular flexibility index (Phi) is 9.02. The second-order valence-corrected chi connectivity index (χ2v) is 6.82. The predicted molar refractivity (Wildman–Crippen MR) is 114 cm³/mol. The third kappa shape index (κ3) is 7.49. The van der Waals surface area contributed by atoms with Crippen LogP contribution in [0.5, 0.6) is 11.5 Å². The van der Waals surface area contributed by atoms with Crippen LogP contribution in [0.15, 0.2) is 42.5 Å². The minimum absolute atomic E-state index is 0.0709. The molecule has 0 heterocycles. The summed E-state index contributed by atoms with van der Waals surface area (Å²) >= 11 is 0. The van der Waals surface area contributed by atoms with Crippen LogP contribution in [-0.2, 0) is 11.2 Å². The van der Waals surface area contributed by atoms with Crippen molar-refractivity contribution in [3.63, 3.8) is 0 Å². The van der Waals surface area contributed by atoms with Crippen molar-refractivity contribution in [2.75, 3.05) is 26.8 Å². The molecule has 2 amide bonds. The molecule has 2 rings (SSSR count). The van der Waals surface area contributed by atoms with Crippen molar-refractivity contribution < 1.29 is 19.1 Å². The molecule has 2 aromatic carbocycles. The largest absolute Gasteiger partial charge is 0.496 e. The summed E-state index contributed by atoms with van der Waals surface area (Å²) in [5.74, 6) is 1.02. The van der Waals surface area contributed by atoms with E-state index < -0.39 is 0 Å². The Morgan fingerprint density at radius 2 is 1.79 bits per heavy atom. The number of hydrogen-bond acceptors (Lipinski definition) is 4. The second-order valence-electron chi connectivity index (χ2n) is 6.82. The fourth-order valence-electron chi connectivity index (χ4n) is 2.80. The molecule has 0 aliphatic heterocycles. The highest BCUT2D eigenvalue weighted by Gasteiger charge is 2.09.